The molecular formula is C11H18N4O4S. The molecule has 0 saturated carbocycles. The van der Waals surface area contributed by atoms with E-state index >= 15 is 0 Å². The highest BCUT2D eigenvalue weighted by atomic mass is 32.2. The molecular weight excluding hydrogens is 284 g/mol. The molecule has 1 aliphatic heterocycles. The van der Waals surface area contributed by atoms with Crippen LogP contribution in [-0.4, -0.2) is 48.4 Å². The molecule has 1 saturated heterocycles. The number of nitrogens with zero attached hydrogens (tertiary/aromatic N) is 1. The van der Waals surface area contributed by atoms with Gasteiger partial charge >= 0.3 is 5.69 Å². The molecule has 0 amide bonds. The van der Waals surface area contributed by atoms with Crippen LogP contribution in [0.4, 0.5) is 0 Å². The molecule has 1 atom stereocenters. The summed E-state index contributed by atoms with van der Waals surface area (Å²) in [6.07, 6.45) is 2.87. The Labute approximate surface area is 116 Å². The number of hydrogen-bond donors (Lipinski definition) is 3. The maximum Gasteiger partial charge on any atom is 0.325 e. The second-order valence-corrected chi connectivity index (χ2v) is 6.59. The minimum atomic E-state index is -3.91. The number of rotatable bonds is 5. The van der Waals surface area contributed by atoms with Gasteiger partial charge in [0.05, 0.1) is 0 Å². The number of sulfonamides is 1. The van der Waals surface area contributed by atoms with Crippen molar-refractivity contribution in [3.8, 4) is 0 Å². The molecule has 0 bridgehead atoms. The summed E-state index contributed by atoms with van der Waals surface area (Å²) in [6, 6.07) is 0.103. The van der Waals surface area contributed by atoms with Gasteiger partial charge in [0.25, 0.3) is 5.56 Å². The predicted molar refractivity (Wildman–Crippen MR) is 73.1 cm³/mol. The Balaban J connectivity index is 2.30. The average Bonchev–Trinajstić information content (AvgIpc) is 2.88. The summed E-state index contributed by atoms with van der Waals surface area (Å²) >= 11 is 0. The minimum absolute atomic E-state index is 0.103. The highest BCUT2D eigenvalue weighted by molar-refractivity contribution is 7.89. The zero-order chi connectivity index (χ0) is 14.8. The largest absolute Gasteiger partial charge is 0.325 e. The van der Waals surface area contributed by atoms with E-state index in [1.807, 2.05) is 4.98 Å². The van der Waals surface area contributed by atoms with E-state index in [1.165, 1.54) is 4.31 Å². The van der Waals surface area contributed by atoms with Crippen molar-refractivity contribution in [1.82, 2.24) is 19.6 Å². The monoisotopic (exact) mass is 302 g/mol. The summed E-state index contributed by atoms with van der Waals surface area (Å²) in [7, 11) is -3.91. The number of nitrogens with one attached hydrogen (secondary N) is 3. The van der Waals surface area contributed by atoms with E-state index in [-0.39, 0.29) is 12.6 Å². The van der Waals surface area contributed by atoms with E-state index in [1.54, 1.807) is 6.92 Å². The Morgan fingerprint density at radius 3 is 2.70 bits per heavy atom. The molecule has 20 heavy (non-hydrogen) atoms. The smallest absolute Gasteiger partial charge is 0.313 e. The van der Waals surface area contributed by atoms with E-state index in [4.69, 9.17) is 0 Å². The predicted octanol–water partition coefficient (Wildman–Crippen LogP) is -1.17. The van der Waals surface area contributed by atoms with E-state index in [0.29, 0.717) is 6.54 Å². The van der Waals surface area contributed by atoms with Gasteiger partial charge in [-0.15, -0.1) is 0 Å². The van der Waals surface area contributed by atoms with E-state index in [9.17, 15) is 18.0 Å². The second-order valence-electron chi connectivity index (χ2n) is 4.69. The Hall–Kier alpha value is -1.45. The van der Waals surface area contributed by atoms with Gasteiger partial charge in [0.2, 0.25) is 10.0 Å². The van der Waals surface area contributed by atoms with Crippen molar-refractivity contribution in [3.63, 3.8) is 0 Å². The summed E-state index contributed by atoms with van der Waals surface area (Å²) in [4.78, 5) is 26.3. The molecule has 0 aromatic carbocycles. The first-order valence-electron chi connectivity index (χ1n) is 6.50. The second kappa shape index (κ2) is 5.90. The lowest BCUT2D eigenvalue weighted by Crippen LogP contribution is -2.43. The first kappa shape index (κ1) is 14.9. The maximum absolute atomic E-state index is 12.4. The molecule has 0 aliphatic carbocycles. The van der Waals surface area contributed by atoms with Gasteiger partial charge in [-0.2, -0.15) is 4.31 Å². The van der Waals surface area contributed by atoms with Crippen LogP contribution in [0.3, 0.4) is 0 Å². The Kier molecular flexibility index (Phi) is 4.41. The number of aromatic amines is 2. The van der Waals surface area contributed by atoms with Gasteiger partial charge in [0, 0.05) is 25.3 Å². The van der Waals surface area contributed by atoms with Crippen LogP contribution in [0.5, 0.6) is 0 Å². The van der Waals surface area contributed by atoms with E-state index < -0.39 is 26.2 Å². The summed E-state index contributed by atoms with van der Waals surface area (Å²) in [6.45, 7) is 3.17. The lowest BCUT2D eigenvalue weighted by Gasteiger charge is -2.23. The normalized spacial score (nSPS) is 19.6. The lowest BCUT2D eigenvalue weighted by molar-refractivity contribution is 0.382. The zero-order valence-corrected chi connectivity index (χ0v) is 12.0. The quantitative estimate of drug-likeness (QED) is 0.633. The number of aromatic nitrogens is 2. The van der Waals surface area contributed by atoms with Gasteiger partial charge in [-0.25, -0.2) is 13.2 Å². The molecule has 9 heteroatoms. The number of likely N-dealkylation sites (N-methyl/N-ethyl adjacent to an activating group) is 1. The van der Waals surface area contributed by atoms with Crippen molar-refractivity contribution in [2.24, 2.45) is 0 Å². The molecule has 112 valence electrons. The minimum Gasteiger partial charge on any atom is -0.313 e. The highest BCUT2D eigenvalue weighted by Gasteiger charge is 2.29. The van der Waals surface area contributed by atoms with Gasteiger partial charge in [0.1, 0.15) is 0 Å². The van der Waals surface area contributed by atoms with Crippen LogP contribution in [0.2, 0.25) is 0 Å². The standard InChI is InChI=1S/C11H18N4O4S/c1-2-15(7-8-4-3-5-12-8)20(18,19)9-6-13-11(17)14-10(9)16/h6,8,12H,2-5,7H2,1H3,(H2,13,14,16,17). The lowest BCUT2D eigenvalue weighted by atomic mass is 10.2. The maximum atomic E-state index is 12.4. The van der Waals surface area contributed by atoms with Gasteiger partial charge in [-0.05, 0) is 19.4 Å². The third kappa shape index (κ3) is 3.00. The molecule has 1 aliphatic rings. The molecule has 1 unspecified atom stereocenters. The molecule has 0 spiro atoms. The van der Waals surface area contributed by atoms with Gasteiger partial charge in [-0.3, -0.25) is 9.78 Å². The van der Waals surface area contributed by atoms with E-state index in [0.717, 1.165) is 25.6 Å². The molecule has 1 aromatic heterocycles. The van der Waals surface area contributed by atoms with Crippen molar-refractivity contribution in [1.29, 1.82) is 0 Å². The molecule has 8 nitrogen and oxygen atoms in total. The van der Waals surface area contributed by atoms with E-state index in [2.05, 4.69) is 10.3 Å². The Morgan fingerprint density at radius 1 is 1.40 bits per heavy atom. The fourth-order valence-electron chi connectivity index (χ4n) is 2.28. The number of H-pyrrole nitrogens is 2. The molecule has 0 radical (unpaired) electrons. The van der Waals surface area contributed by atoms with Crippen LogP contribution in [0.1, 0.15) is 19.8 Å². The summed E-state index contributed by atoms with van der Waals surface area (Å²) < 4.78 is 26.1. The third-order valence-electron chi connectivity index (χ3n) is 3.34. The highest BCUT2D eigenvalue weighted by Crippen LogP contribution is 2.14. The van der Waals surface area contributed by atoms with Gasteiger partial charge in [-0.1, -0.05) is 6.92 Å². The summed E-state index contributed by atoms with van der Waals surface area (Å²) in [5.74, 6) is 0. The summed E-state index contributed by atoms with van der Waals surface area (Å²) in [5.41, 5.74) is -1.62. The van der Waals surface area contributed by atoms with Crippen LogP contribution in [0.15, 0.2) is 20.7 Å². The van der Waals surface area contributed by atoms with Crippen molar-refractivity contribution < 1.29 is 8.42 Å². The first-order chi connectivity index (χ1) is 9.45. The average molecular weight is 302 g/mol. The van der Waals surface area contributed by atoms with Crippen LogP contribution in [0.25, 0.3) is 0 Å². The SMILES string of the molecule is CCN(CC1CCCN1)S(=O)(=O)c1c[nH]c(=O)[nH]c1=O. The third-order valence-corrected chi connectivity index (χ3v) is 5.29. The van der Waals surface area contributed by atoms with Crippen molar-refractivity contribution in [2.45, 2.75) is 30.7 Å². The van der Waals surface area contributed by atoms with Crippen molar-refractivity contribution in [3.05, 3.63) is 27.0 Å². The van der Waals surface area contributed by atoms with Crippen LogP contribution in [-0.2, 0) is 10.0 Å². The van der Waals surface area contributed by atoms with Crippen molar-refractivity contribution in [2.75, 3.05) is 19.6 Å². The van der Waals surface area contributed by atoms with Gasteiger partial charge in [0.15, 0.2) is 4.90 Å². The molecule has 2 rings (SSSR count). The van der Waals surface area contributed by atoms with Crippen molar-refractivity contribution >= 4 is 10.0 Å². The fourth-order valence-corrected chi connectivity index (χ4v) is 3.77. The molecule has 3 N–H and O–H groups in total. The zero-order valence-electron chi connectivity index (χ0n) is 11.2. The van der Waals surface area contributed by atoms with Crippen LogP contribution >= 0.6 is 0 Å². The first-order valence-corrected chi connectivity index (χ1v) is 7.94. The van der Waals surface area contributed by atoms with Crippen LogP contribution < -0.4 is 16.6 Å². The molecule has 2 heterocycles. The van der Waals surface area contributed by atoms with Gasteiger partial charge < -0.3 is 10.3 Å². The molecule has 1 fully saturated rings. The fraction of sp³-hybridized carbons (Fsp3) is 0.636. The van der Waals surface area contributed by atoms with Crippen LogP contribution in [0, 0.1) is 0 Å². The Bertz CT molecular complexity index is 672. The molecule has 1 aromatic rings. The summed E-state index contributed by atoms with van der Waals surface area (Å²) in [5, 5.41) is 3.22. The topological polar surface area (TPSA) is 115 Å². The Morgan fingerprint density at radius 2 is 2.15 bits per heavy atom. The number of hydrogen-bond acceptors (Lipinski definition) is 5.